The molecule has 29 heavy (non-hydrogen) atoms. The van der Waals surface area contributed by atoms with Gasteiger partial charge >= 0.3 is 0 Å². The van der Waals surface area contributed by atoms with E-state index in [0.717, 1.165) is 11.1 Å². The first kappa shape index (κ1) is 20.0. The maximum Gasteiger partial charge on any atom is 0.231 e. The van der Waals surface area contributed by atoms with Gasteiger partial charge in [-0.05, 0) is 53.9 Å². The zero-order chi connectivity index (χ0) is 20.7. The number of amides is 1. The summed E-state index contributed by atoms with van der Waals surface area (Å²) in [5.41, 5.74) is 3.35. The topological polar surface area (TPSA) is 29.5 Å². The summed E-state index contributed by atoms with van der Waals surface area (Å²) in [4.78, 5) is 14.4. The first-order valence-corrected chi connectivity index (χ1v) is 9.97. The van der Waals surface area contributed by atoms with Gasteiger partial charge in [0, 0.05) is 18.1 Å². The number of rotatable bonds is 3. The van der Waals surface area contributed by atoms with Crippen LogP contribution < -0.4 is 9.64 Å². The molecule has 3 nitrogen and oxygen atoms in total. The summed E-state index contributed by atoms with van der Waals surface area (Å²) in [7, 11) is 1.54. The molecule has 0 spiro atoms. The smallest absolute Gasteiger partial charge is 0.231 e. The van der Waals surface area contributed by atoms with Crippen LogP contribution in [0.3, 0.4) is 0 Å². The van der Waals surface area contributed by atoms with Gasteiger partial charge in [-0.1, -0.05) is 40.9 Å². The predicted molar refractivity (Wildman–Crippen MR) is 115 cm³/mol. The van der Waals surface area contributed by atoms with Gasteiger partial charge in [0.2, 0.25) is 5.91 Å². The lowest BCUT2D eigenvalue weighted by atomic mass is 9.91. The highest BCUT2D eigenvalue weighted by molar-refractivity contribution is 6.40. The van der Waals surface area contributed by atoms with E-state index >= 15 is 0 Å². The van der Waals surface area contributed by atoms with Gasteiger partial charge in [-0.2, -0.15) is 0 Å². The second-order valence-electron chi connectivity index (χ2n) is 6.60. The summed E-state index contributed by atoms with van der Waals surface area (Å²) in [6.45, 7) is 0. The van der Waals surface area contributed by atoms with Crippen molar-refractivity contribution in [3.8, 4) is 16.9 Å². The van der Waals surface area contributed by atoms with E-state index in [1.807, 2.05) is 6.07 Å². The number of nitrogens with zero attached hydrogens (tertiary/aromatic N) is 1. The van der Waals surface area contributed by atoms with Gasteiger partial charge in [0.25, 0.3) is 0 Å². The van der Waals surface area contributed by atoms with Crippen molar-refractivity contribution in [2.45, 2.75) is 12.8 Å². The fourth-order valence-corrected chi connectivity index (χ4v) is 4.42. The number of carbonyl (C=O) groups is 1. The molecule has 1 aliphatic heterocycles. The molecular formula is C22H15Cl3FNO2. The van der Waals surface area contributed by atoms with E-state index in [1.54, 1.807) is 30.3 Å². The largest absolute Gasteiger partial charge is 0.497 e. The minimum absolute atomic E-state index is 0.128. The average molecular weight is 451 g/mol. The van der Waals surface area contributed by atoms with E-state index in [-0.39, 0.29) is 17.4 Å². The molecule has 0 atom stereocenters. The van der Waals surface area contributed by atoms with Crippen LogP contribution >= 0.6 is 34.8 Å². The van der Waals surface area contributed by atoms with Gasteiger partial charge in [0.05, 0.1) is 33.6 Å². The van der Waals surface area contributed by atoms with Gasteiger partial charge in [-0.25, -0.2) is 4.39 Å². The lowest BCUT2D eigenvalue weighted by molar-refractivity contribution is -0.118. The number of ether oxygens (including phenoxy) is 1. The number of hydrogen-bond acceptors (Lipinski definition) is 2. The first-order valence-electron chi connectivity index (χ1n) is 8.84. The highest BCUT2D eigenvalue weighted by atomic mass is 35.5. The number of carbonyl (C=O) groups excluding carboxylic acids is 1. The molecule has 0 saturated heterocycles. The molecule has 1 aliphatic rings. The Hall–Kier alpha value is -2.27. The molecule has 0 saturated carbocycles. The predicted octanol–water partition coefficient (Wildman–Crippen LogP) is 7.07. The third kappa shape index (κ3) is 3.57. The van der Waals surface area contributed by atoms with Crippen molar-refractivity contribution in [2.24, 2.45) is 0 Å². The lowest BCUT2D eigenvalue weighted by Gasteiger charge is -2.32. The van der Waals surface area contributed by atoms with Gasteiger partial charge in [-0.15, -0.1) is 0 Å². The van der Waals surface area contributed by atoms with Crippen LogP contribution in [-0.4, -0.2) is 13.0 Å². The van der Waals surface area contributed by atoms with E-state index in [1.165, 1.54) is 24.1 Å². The summed E-state index contributed by atoms with van der Waals surface area (Å²) >= 11 is 19.1. The lowest BCUT2D eigenvalue weighted by Crippen LogP contribution is -2.31. The van der Waals surface area contributed by atoms with Crippen molar-refractivity contribution in [3.63, 3.8) is 0 Å². The molecule has 0 radical (unpaired) electrons. The quantitative estimate of drug-likeness (QED) is 0.427. The Kier molecular flexibility index (Phi) is 5.43. The number of para-hydroxylation sites is 1. The van der Waals surface area contributed by atoms with Crippen molar-refractivity contribution in [1.82, 2.24) is 0 Å². The van der Waals surface area contributed by atoms with Gasteiger partial charge < -0.3 is 4.74 Å². The molecule has 0 aliphatic carbocycles. The van der Waals surface area contributed by atoms with E-state index in [9.17, 15) is 9.18 Å². The fraction of sp³-hybridized carbons (Fsp3) is 0.136. The molecule has 148 valence electrons. The number of halogens is 4. The third-order valence-electron chi connectivity index (χ3n) is 4.90. The maximum atomic E-state index is 13.6. The SMILES string of the molecule is COc1cc(-c2ccc(F)cc2Cl)c2c(c1)N(c1c(Cl)cccc1Cl)C(=O)CC2. The molecule has 0 N–H and O–H groups in total. The summed E-state index contributed by atoms with van der Waals surface area (Å²) in [5.74, 6) is -0.0194. The Morgan fingerprint density at radius 3 is 2.31 bits per heavy atom. The Balaban J connectivity index is 2.00. The summed E-state index contributed by atoms with van der Waals surface area (Å²) in [5, 5.41) is 1.01. The van der Waals surface area contributed by atoms with Crippen LogP contribution in [0.2, 0.25) is 15.1 Å². The molecule has 1 amide bonds. The summed E-state index contributed by atoms with van der Waals surface area (Å²) < 4.78 is 19.0. The second kappa shape index (κ2) is 7.86. The number of hydrogen-bond donors (Lipinski definition) is 0. The number of fused-ring (bicyclic) bond motifs is 1. The maximum absolute atomic E-state index is 13.6. The molecular weight excluding hydrogens is 436 g/mol. The third-order valence-corrected chi connectivity index (χ3v) is 5.82. The number of benzene rings is 3. The first-order chi connectivity index (χ1) is 13.9. The molecule has 1 heterocycles. The molecule has 0 unspecified atom stereocenters. The zero-order valence-electron chi connectivity index (χ0n) is 15.3. The molecule has 0 aromatic heterocycles. The van der Waals surface area contributed by atoms with E-state index in [2.05, 4.69) is 0 Å². The van der Waals surface area contributed by atoms with Gasteiger partial charge in [0.15, 0.2) is 0 Å². The van der Waals surface area contributed by atoms with Crippen LogP contribution in [-0.2, 0) is 11.2 Å². The van der Waals surface area contributed by atoms with Crippen molar-refractivity contribution < 1.29 is 13.9 Å². The van der Waals surface area contributed by atoms with E-state index in [0.29, 0.717) is 39.2 Å². The molecule has 7 heteroatoms. The van der Waals surface area contributed by atoms with Gasteiger partial charge in [-0.3, -0.25) is 9.69 Å². The van der Waals surface area contributed by atoms with Crippen molar-refractivity contribution in [1.29, 1.82) is 0 Å². The van der Waals surface area contributed by atoms with Crippen molar-refractivity contribution in [3.05, 3.63) is 75.0 Å². The Morgan fingerprint density at radius 2 is 1.66 bits per heavy atom. The monoisotopic (exact) mass is 449 g/mol. The molecule has 4 rings (SSSR count). The number of methoxy groups -OCH3 is 1. The molecule has 0 bridgehead atoms. The molecule has 0 fully saturated rings. The Bertz CT molecular complexity index is 1110. The van der Waals surface area contributed by atoms with Crippen LogP contribution in [0.4, 0.5) is 15.8 Å². The summed E-state index contributed by atoms with van der Waals surface area (Å²) in [6, 6.07) is 12.9. The Labute approximate surface area is 182 Å². The minimum atomic E-state index is -0.421. The van der Waals surface area contributed by atoms with Crippen molar-refractivity contribution >= 4 is 52.1 Å². The van der Waals surface area contributed by atoms with Crippen LogP contribution in [0.1, 0.15) is 12.0 Å². The average Bonchev–Trinajstić information content (AvgIpc) is 2.68. The standard InChI is InChI=1S/C22H15Cl3FNO2/c1-29-13-10-16(14-6-5-12(26)9-19(14)25)15-7-8-21(28)27(20(15)11-13)22-17(23)3-2-4-18(22)24/h2-6,9-11H,7-8H2,1H3. The highest BCUT2D eigenvalue weighted by Crippen LogP contribution is 2.47. The van der Waals surface area contributed by atoms with Crippen LogP contribution in [0.25, 0.3) is 11.1 Å². The van der Waals surface area contributed by atoms with Crippen LogP contribution in [0.15, 0.2) is 48.5 Å². The van der Waals surface area contributed by atoms with E-state index in [4.69, 9.17) is 39.5 Å². The molecule has 3 aromatic carbocycles. The number of anilines is 2. The second-order valence-corrected chi connectivity index (χ2v) is 7.82. The molecule has 3 aromatic rings. The summed E-state index contributed by atoms with van der Waals surface area (Å²) in [6.07, 6.45) is 0.770. The fourth-order valence-electron chi connectivity index (χ4n) is 3.59. The zero-order valence-corrected chi connectivity index (χ0v) is 17.6. The minimum Gasteiger partial charge on any atom is -0.497 e. The van der Waals surface area contributed by atoms with Crippen LogP contribution in [0, 0.1) is 5.82 Å². The van der Waals surface area contributed by atoms with Gasteiger partial charge in [0.1, 0.15) is 11.6 Å². The van der Waals surface area contributed by atoms with Crippen molar-refractivity contribution in [2.75, 3.05) is 12.0 Å². The van der Waals surface area contributed by atoms with E-state index < -0.39 is 5.82 Å². The highest BCUT2D eigenvalue weighted by Gasteiger charge is 2.31. The van der Waals surface area contributed by atoms with Crippen LogP contribution in [0.5, 0.6) is 5.75 Å². The Morgan fingerprint density at radius 1 is 0.931 bits per heavy atom. The normalized spacial score (nSPS) is 13.4.